The van der Waals surface area contributed by atoms with E-state index < -0.39 is 0 Å². The summed E-state index contributed by atoms with van der Waals surface area (Å²) in [5.41, 5.74) is 1.26. The molecule has 1 saturated heterocycles. The van der Waals surface area contributed by atoms with E-state index in [4.69, 9.17) is 4.74 Å². The first-order valence-electron chi connectivity index (χ1n) is 7.48. The van der Waals surface area contributed by atoms with Crippen molar-refractivity contribution in [3.8, 4) is 5.75 Å². The van der Waals surface area contributed by atoms with Gasteiger partial charge in [0, 0.05) is 38.8 Å². The van der Waals surface area contributed by atoms with Gasteiger partial charge < -0.3 is 15.0 Å². The second-order valence-corrected chi connectivity index (χ2v) is 5.66. The highest BCUT2D eigenvalue weighted by molar-refractivity contribution is 5.28. The summed E-state index contributed by atoms with van der Waals surface area (Å²) in [7, 11) is 4.16. The maximum atomic E-state index is 5.87. The van der Waals surface area contributed by atoms with Crippen LogP contribution in [0.15, 0.2) is 24.3 Å². The first-order chi connectivity index (χ1) is 9.69. The van der Waals surface area contributed by atoms with Crippen molar-refractivity contribution < 1.29 is 4.74 Å². The lowest BCUT2D eigenvalue weighted by Crippen LogP contribution is -2.50. The molecular formula is C16H27N3O. The number of rotatable bonds is 6. The predicted octanol–water partition coefficient (Wildman–Crippen LogP) is 1.42. The van der Waals surface area contributed by atoms with Crippen LogP contribution in [-0.2, 0) is 6.54 Å². The van der Waals surface area contributed by atoms with Crippen molar-refractivity contribution >= 4 is 0 Å². The minimum absolute atomic E-state index is 0.641. The molecule has 0 saturated carbocycles. The van der Waals surface area contributed by atoms with Crippen LogP contribution >= 0.6 is 0 Å². The van der Waals surface area contributed by atoms with Gasteiger partial charge in [-0.15, -0.1) is 0 Å². The van der Waals surface area contributed by atoms with Gasteiger partial charge in [0.25, 0.3) is 0 Å². The van der Waals surface area contributed by atoms with E-state index in [9.17, 15) is 0 Å². The molecule has 0 bridgehead atoms. The Kier molecular flexibility index (Phi) is 5.83. The smallest absolute Gasteiger partial charge is 0.119 e. The van der Waals surface area contributed by atoms with E-state index in [2.05, 4.69) is 47.3 Å². The van der Waals surface area contributed by atoms with Gasteiger partial charge in [-0.25, -0.2) is 0 Å². The minimum atomic E-state index is 0.641. The number of piperazine rings is 1. The first-order valence-corrected chi connectivity index (χ1v) is 7.48. The van der Waals surface area contributed by atoms with Crippen molar-refractivity contribution in [2.75, 3.05) is 46.9 Å². The third kappa shape index (κ3) is 4.47. The third-order valence-corrected chi connectivity index (χ3v) is 4.00. The number of benzene rings is 1. The molecule has 1 aromatic rings. The molecule has 1 fully saturated rings. The Morgan fingerprint density at radius 1 is 1.35 bits per heavy atom. The number of nitrogens with zero attached hydrogens (tertiary/aromatic N) is 2. The van der Waals surface area contributed by atoms with Gasteiger partial charge in [-0.1, -0.05) is 12.1 Å². The molecule has 4 heteroatoms. The van der Waals surface area contributed by atoms with Crippen molar-refractivity contribution in [3.63, 3.8) is 0 Å². The Bertz CT molecular complexity index is 410. The van der Waals surface area contributed by atoms with E-state index >= 15 is 0 Å². The second-order valence-electron chi connectivity index (χ2n) is 5.66. The summed E-state index contributed by atoms with van der Waals surface area (Å²) in [6.45, 7) is 8.37. The van der Waals surface area contributed by atoms with E-state index in [0.717, 1.165) is 45.1 Å². The first kappa shape index (κ1) is 15.3. The van der Waals surface area contributed by atoms with Gasteiger partial charge in [-0.3, -0.25) is 4.90 Å². The number of nitrogens with one attached hydrogen (secondary N) is 1. The van der Waals surface area contributed by atoms with Gasteiger partial charge in [-0.2, -0.15) is 0 Å². The Hall–Kier alpha value is -1.10. The third-order valence-electron chi connectivity index (χ3n) is 4.00. The standard InChI is InChI=1S/C16H27N3O/c1-14-13-19(8-7-18(14)3)9-10-20-16-6-4-5-15(11-16)12-17-2/h4-6,11,14,17H,7-10,12-13H2,1-3H3. The SMILES string of the molecule is CNCc1cccc(OCCN2CCN(C)C(C)C2)c1. The molecule has 0 aromatic heterocycles. The maximum Gasteiger partial charge on any atom is 0.119 e. The zero-order valence-electron chi connectivity index (χ0n) is 12.9. The van der Waals surface area contributed by atoms with E-state index in [1.807, 2.05) is 13.1 Å². The molecule has 1 aromatic carbocycles. The van der Waals surface area contributed by atoms with Gasteiger partial charge in [0.05, 0.1) is 0 Å². The molecule has 1 aliphatic rings. The monoisotopic (exact) mass is 277 g/mol. The molecule has 1 unspecified atom stereocenters. The van der Waals surface area contributed by atoms with Gasteiger partial charge in [0.2, 0.25) is 0 Å². The Labute approximate surface area is 122 Å². The second kappa shape index (κ2) is 7.62. The number of likely N-dealkylation sites (N-methyl/N-ethyl adjacent to an activating group) is 1. The van der Waals surface area contributed by atoms with Crippen molar-refractivity contribution in [2.45, 2.75) is 19.5 Å². The van der Waals surface area contributed by atoms with Crippen molar-refractivity contribution in [2.24, 2.45) is 0 Å². The number of hydrogen-bond donors (Lipinski definition) is 1. The largest absolute Gasteiger partial charge is 0.492 e. The van der Waals surface area contributed by atoms with Crippen LogP contribution in [0, 0.1) is 0 Å². The van der Waals surface area contributed by atoms with E-state index in [1.165, 1.54) is 5.56 Å². The predicted molar refractivity (Wildman–Crippen MR) is 83.2 cm³/mol. The van der Waals surface area contributed by atoms with Crippen LogP contribution in [0.3, 0.4) is 0 Å². The van der Waals surface area contributed by atoms with Crippen molar-refractivity contribution in [3.05, 3.63) is 29.8 Å². The Morgan fingerprint density at radius 2 is 2.20 bits per heavy atom. The van der Waals surface area contributed by atoms with E-state index in [1.54, 1.807) is 0 Å². The summed E-state index contributed by atoms with van der Waals surface area (Å²) in [5, 5.41) is 3.16. The lowest BCUT2D eigenvalue weighted by atomic mass is 10.2. The van der Waals surface area contributed by atoms with Gasteiger partial charge in [0.15, 0.2) is 0 Å². The van der Waals surface area contributed by atoms with Crippen LogP contribution in [0.5, 0.6) is 5.75 Å². The Balaban J connectivity index is 1.74. The molecule has 0 spiro atoms. The molecule has 0 radical (unpaired) electrons. The van der Waals surface area contributed by atoms with E-state index in [-0.39, 0.29) is 0 Å². The average molecular weight is 277 g/mol. The van der Waals surface area contributed by atoms with Crippen molar-refractivity contribution in [1.82, 2.24) is 15.1 Å². The van der Waals surface area contributed by atoms with Crippen LogP contribution in [0.25, 0.3) is 0 Å². The fourth-order valence-electron chi connectivity index (χ4n) is 2.57. The van der Waals surface area contributed by atoms with Crippen LogP contribution in [-0.4, -0.2) is 62.7 Å². The van der Waals surface area contributed by atoms with E-state index in [0.29, 0.717) is 6.04 Å². The molecule has 0 aliphatic carbocycles. The molecule has 112 valence electrons. The maximum absolute atomic E-state index is 5.87. The number of hydrogen-bond acceptors (Lipinski definition) is 4. The number of ether oxygens (including phenoxy) is 1. The van der Waals surface area contributed by atoms with Crippen LogP contribution in [0.4, 0.5) is 0 Å². The lowest BCUT2D eigenvalue weighted by molar-refractivity contribution is 0.0928. The summed E-state index contributed by atoms with van der Waals surface area (Å²) in [6.07, 6.45) is 0. The molecule has 20 heavy (non-hydrogen) atoms. The molecule has 1 N–H and O–H groups in total. The highest BCUT2D eigenvalue weighted by Gasteiger charge is 2.19. The fraction of sp³-hybridized carbons (Fsp3) is 0.625. The minimum Gasteiger partial charge on any atom is -0.492 e. The Morgan fingerprint density at radius 3 is 2.95 bits per heavy atom. The van der Waals surface area contributed by atoms with Gasteiger partial charge >= 0.3 is 0 Å². The molecular weight excluding hydrogens is 250 g/mol. The quantitative estimate of drug-likeness (QED) is 0.851. The summed E-state index contributed by atoms with van der Waals surface area (Å²) < 4.78 is 5.87. The summed E-state index contributed by atoms with van der Waals surface area (Å²) in [4.78, 5) is 4.90. The summed E-state index contributed by atoms with van der Waals surface area (Å²) >= 11 is 0. The topological polar surface area (TPSA) is 27.7 Å². The zero-order valence-corrected chi connectivity index (χ0v) is 12.9. The molecule has 4 nitrogen and oxygen atoms in total. The highest BCUT2D eigenvalue weighted by Crippen LogP contribution is 2.13. The van der Waals surface area contributed by atoms with Crippen LogP contribution in [0.1, 0.15) is 12.5 Å². The molecule has 2 rings (SSSR count). The summed E-state index contributed by atoms with van der Waals surface area (Å²) in [5.74, 6) is 0.972. The molecule has 0 amide bonds. The zero-order chi connectivity index (χ0) is 14.4. The van der Waals surface area contributed by atoms with Crippen molar-refractivity contribution in [1.29, 1.82) is 0 Å². The van der Waals surface area contributed by atoms with Crippen LogP contribution < -0.4 is 10.1 Å². The highest BCUT2D eigenvalue weighted by atomic mass is 16.5. The average Bonchev–Trinajstić information content (AvgIpc) is 2.44. The molecule has 1 aliphatic heterocycles. The normalized spacial score (nSPS) is 21.1. The molecule has 1 heterocycles. The van der Waals surface area contributed by atoms with Gasteiger partial charge in [-0.05, 0) is 38.7 Å². The van der Waals surface area contributed by atoms with Crippen LogP contribution in [0.2, 0.25) is 0 Å². The lowest BCUT2D eigenvalue weighted by Gasteiger charge is -2.37. The van der Waals surface area contributed by atoms with Gasteiger partial charge in [0.1, 0.15) is 12.4 Å². The molecule has 1 atom stereocenters. The summed E-state index contributed by atoms with van der Waals surface area (Å²) in [6, 6.07) is 8.96. The fourth-order valence-corrected chi connectivity index (χ4v) is 2.57.